The minimum Gasteiger partial charge on any atom is -0.484 e. The number of benzene rings is 3. The SMILES string of the molecule is Cc1ccc(NC(=O)COc2ccc(/C=C3\SC(=O)N(Cc4c(Cl)cccc4Cl)C3=O)cc2)cc1Cl. The molecule has 1 N–H and O–H groups in total. The quantitative estimate of drug-likeness (QED) is 0.309. The van der Waals surface area contributed by atoms with E-state index in [0.717, 1.165) is 22.2 Å². The molecule has 0 spiro atoms. The van der Waals surface area contributed by atoms with E-state index in [4.69, 9.17) is 39.5 Å². The normalized spacial score (nSPS) is 14.4. The third-order valence-corrected chi connectivity index (χ3v) is 7.28. The number of nitrogens with one attached hydrogen (secondary N) is 1. The number of nitrogens with zero attached hydrogens (tertiary/aromatic N) is 1. The van der Waals surface area contributed by atoms with E-state index in [-0.39, 0.29) is 24.0 Å². The third-order valence-electron chi connectivity index (χ3n) is 5.25. The Hall–Kier alpha value is -2.97. The lowest BCUT2D eigenvalue weighted by Crippen LogP contribution is -2.27. The van der Waals surface area contributed by atoms with Crippen LogP contribution in [0.1, 0.15) is 16.7 Å². The molecule has 184 valence electrons. The molecular weight excluding hydrogens is 543 g/mol. The molecule has 36 heavy (non-hydrogen) atoms. The van der Waals surface area contributed by atoms with E-state index in [0.29, 0.717) is 37.6 Å². The van der Waals surface area contributed by atoms with Crippen molar-refractivity contribution in [3.8, 4) is 5.75 Å². The molecule has 3 aromatic rings. The summed E-state index contributed by atoms with van der Waals surface area (Å²) in [6, 6.07) is 17.1. The maximum Gasteiger partial charge on any atom is 0.293 e. The average Bonchev–Trinajstić information content (AvgIpc) is 3.10. The van der Waals surface area contributed by atoms with Crippen LogP contribution in [0.15, 0.2) is 65.6 Å². The highest BCUT2D eigenvalue weighted by atomic mass is 35.5. The van der Waals surface area contributed by atoms with Crippen LogP contribution >= 0.6 is 46.6 Å². The molecule has 1 heterocycles. The summed E-state index contributed by atoms with van der Waals surface area (Å²) in [7, 11) is 0. The number of hydrogen-bond donors (Lipinski definition) is 1. The van der Waals surface area contributed by atoms with Gasteiger partial charge in [0.25, 0.3) is 17.1 Å². The third kappa shape index (κ3) is 6.23. The zero-order valence-electron chi connectivity index (χ0n) is 18.9. The Morgan fingerprint density at radius 1 is 1.00 bits per heavy atom. The molecule has 0 unspecified atom stereocenters. The van der Waals surface area contributed by atoms with Gasteiger partial charge in [0.2, 0.25) is 0 Å². The lowest BCUT2D eigenvalue weighted by molar-refractivity contribution is -0.123. The number of carbonyl (C=O) groups excluding carboxylic acids is 3. The summed E-state index contributed by atoms with van der Waals surface area (Å²) in [5.41, 5.74) is 2.71. The van der Waals surface area contributed by atoms with E-state index in [1.54, 1.807) is 60.7 Å². The highest BCUT2D eigenvalue weighted by molar-refractivity contribution is 8.18. The van der Waals surface area contributed by atoms with Gasteiger partial charge in [-0.2, -0.15) is 0 Å². The zero-order valence-corrected chi connectivity index (χ0v) is 22.0. The summed E-state index contributed by atoms with van der Waals surface area (Å²) in [6.45, 7) is 1.68. The molecule has 1 aliphatic heterocycles. The molecule has 6 nitrogen and oxygen atoms in total. The lowest BCUT2D eigenvalue weighted by atomic mass is 10.2. The number of rotatable bonds is 7. The van der Waals surface area contributed by atoms with E-state index in [1.807, 2.05) is 13.0 Å². The van der Waals surface area contributed by atoms with Crippen molar-refractivity contribution in [2.75, 3.05) is 11.9 Å². The summed E-state index contributed by atoms with van der Waals surface area (Å²) in [4.78, 5) is 38.9. The van der Waals surface area contributed by atoms with Crippen LogP contribution in [0, 0.1) is 6.92 Å². The molecule has 1 aliphatic rings. The summed E-state index contributed by atoms with van der Waals surface area (Å²) in [6.07, 6.45) is 1.62. The van der Waals surface area contributed by atoms with Gasteiger partial charge in [-0.05, 0) is 72.3 Å². The molecule has 0 aromatic heterocycles. The summed E-state index contributed by atoms with van der Waals surface area (Å²) in [5.74, 6) is -0.272. The van der Waals surface area contributed by atoms with Crippen LogP contribution in [0.25, 0.3) is 6.08 Å². The number of aryl methyl sites for hydroxylation is 1. The van der Waals surface area contributed by atoms with Crippen LogP contribution in [0.3, 0.4) is 0 Å². The van der Waals surface area contributed by atoms with Crippen molar-refractivity contribution < 1.29 is 19.1 Å². The smallest absolute Gasteiger partial charge is 0.293 e. The predicted molar refractivity (Wildman–Crippen MR) is 145 cm³/mol. The molecule has 0 bridgehead atoms. The zero-order chi connectivity index (χ0) is 25.8. The number of anilines is 1. The van der Waals surface area contributed by atoms with Gasteiger partial charge in [0.15, 0.2) is 6.61 Å². The monoisotopic (exact) mass is 560 g/mol. The highest BCUT2D eigenvalue weighted by Gasteiger charge is 2.35. The van der Waals surface area contributed by atoms with Crippen molar-refractivity contribution in [3.05, 3.63) is 97.3 Å². The molecule has 3 aromatic carbocycles. The first-order valence-electron chi connectivity index (χ1n) is 10.7. The topological polar surface area (TPSA) is 75.7 Å². The molecule has 10 heteroatoms. The maximum atomic E-state index is 12.8. The minimum absolute atomic E-state index is 0.00977. The van der Waals surface area contributed by atoms with Crippen LogP contribution in [-0.4, -0.2) is 28.6 Å². The van der Waals surface area contributed by atoms with Gasteiger partial charge in [-0.25, -0.2) is 0 Å². The van der Waals surface area contributed by atoms with Crippen molar-refractivity contribution in [1.82, 2.24) is 4.90 Å². The van der Waals surface area contributed by atoms with Gasteiger partial charge in [-0.15, -0.1) is 0 Å². The first-order chi connectivity index (χ1) is 17.2. The van der Waals surface area contributed by atoms with Crippen LogP contribution in [-0.2, 0) is 16.1 Å². The number of hydrogen-bond acceptors (Lipinski definition) is 5. The van der Waals surface area contributed by atoms with Crippen LogP contribution in [0.2, 0.25) is 15.1 Å². The van der Waals surface area contributed by atoms with E-state index in [2.05, 4.69) is 5.32 Å². The van der Waals surface area contributed by atoms with E-state index in [1.165, 1.54) is 0 Å². The minimum atomic E-state index is -0.422. The fourth-order valence-electron chi connectivity index (χ4n) is 3.31. The number of imide groups is 1. The van der Waals surface area contributed by atoms with Crippen LogP contribution in [0.4, 0.5) is 10.5 Å². The van der Waals surface area contributed by atoms with Crippen LogP contribution in [0.5, 0.6) is 5.75 Å². The van der Waals surface area contributed by atoms with Crippen molar-refractivity contribution in [3.63, 3.8) is 0 Å². The van der Waals surface area contributed by atoms with Gasteiger partial charge in [0.1, 0.15) is 5.75 Å². The Morgan fingerprint density at radius 2 is 1.69 bits per heavy atom. The first kappa shape index (κ1) is 26.1. The highest BCUT2D eigenvalue weighted by Crippen LogP contribution is 2.35. The molecular formula is C26H19Cl3N2O4S. The van der Waals surface area contributed by atoms with Gasteiger partial charge in [-0.1, -0.05) is 59.1 Å². The van der Waals surface area contributed by atoms with Crippen molar-refractivity contribution in [2.45, 2.75) is 13.5 Å². The standard InChI is InChI=1S/C26H19Cl3N2O4S/c1-15-5-8-17(12-22(15)29)30-24(32)14-35-18-9-6-16(7-10-18)11-23-25(33)31(26(34)36-23)13-19-20(27)3-2-4-21(19)28/h2-12H,13-14H2,1H3,(H,30,32)/b23-11-. The second-order valence-electron chi connectivity index (χ2n) is 7.84. The molecule has 0 saturated carbocycles. The molecule has 0 atom stereocenters. The van der Waals surface area contributed by atoms with E-state index in [9.17, 15) is 14.4 Å². The van der Waals surface area contributed by atoms with E-state index >= 15 is 0 Å². The largest absolute Gasteiger partial charge is 0.484 e. The number of carbonyl (C=O) groups is 3. The van der Waals surface area contributed by atoms with Gasteiger partial charge in [0.05, 0.1) is 11.4 Å². The Bertz CT molecular complexity index is 1360. The fraction of sp³-hybridized carbons (Fsp3) is 0.115. The van der Waals surface area contributed by atoms with Crippen molar-refractivity contribution >= 4 is 75.4 Å². The average molecular weight is 562 g/mol. The second-order valence-corrected chi connectivity index (χ2v) is 10.1. The number of halogens is 3. The molecule has 1 fully saturated rings. The number of amides is 3. The molecule has 3 amide bonds. The molecule has 0 radical (unpaired) electrons. The van der Waals surface area contributed by atoms with Gasteiger partial charge >= 0.3 is 0 Å². The van der Waals surface area contributed by atoms with E-state index < -0.39 is 11.1 Å². The number of thioether (sulfide) groups is 1. The fourth-order valence-corrected chi connectivity index (χ4v) is 4.84. The Kier molecular flexibility index (Phi) is 8.26. The Labute approximate surface area is 227 Å². The second kappa shape index (κ2) is 11.4. The van der Waals surface area contributed by atoms with Crippen molar-refractivity contribution in [2.24, 2.45) is 0 Å². The summed E-state index contributed by atoms with van der Waals surface area (Å²) < 4.78 is 5.54. The predicted octanol–water partition coefficient (Wildman–Crippen LogP) is 7.21. The first-order valence-corrected chi connectivity index (χ1v) is 12.6. The molecule has 1 saturated heterocycles. The van der Waals surface area contributed by atoms with Gasteiger partial charge < -0.3 is 10.1 Å². The van der Waals surface area contributed by atoms with Crippen LogP contribution < -0.4 is 10.1 Å². The Morgan fingerprint density at radius 3 is 2.36 bits per heavy atom. The van der Waals surface area contributed by atoms with Crippen molar-refractivity contribution in [1.29, 1.82) is 0 Å². The summed E-state index contributed by atoms with van der Waals surface area (Å²) in [5, 5.41) is 3.66. The van der Waals surface area contributed by atoms with Gasteiger partial charge in [-0.3, -0.25) is 19.3 Å². The lowest BCUT2D eigenvalue weighted by Gasteiger charge is -2.14. The molecule has 4 rings (SSSR count). The maximum absolute atomic E-state index is 12.8. The van der Waals surface area contributed by atoms with Gasteiger partial charge in [0, 0.05) is 26.3 Å². The summed E-state index contributed by atoms with van der Waals surface area (Å²) >= 11 is 19.3. The number of ether oxygens (including phenoxy) is 1. The molecule has 0 aliphatic carbocycles. The Balaban J connectivity index is 1.36.